The first-order valence-electron chi connectivity index (χ1n) is 28.5. The lowest BCUT2D eigenvalue weighted by Crippen LogP contribution is -2.61. The molecule has 2 fully saturated rings. The van der Waals surface area contributed by atoms with E-state index in [2.05, 4.69) is 98.9 Å². The van der Waals surface area contributed by atoms with E-state index in [9.17, 15) is 45.3 Å². The number of aliphatic hydroxyl groups excluding tert-OH is 7. The lowest BCUT2D eigenvalue weighted by Gasteiger charge is -2.42. The van der Waals surface area contributed by atoms with E-state index in [-0.39, 0.29) is 19.4 Å². The Morgan fingerprint density at radius 3 is 1.32 bits per heavy atom. The van der Waals surface area contributed by atoms with E-state index in [1.54, 1.807) is 0 Å². The third-order valence-electron chi connectivity index (χ3n) is 12.7. The van der Waals surface area contributed by atoms with E-state index in [0.717, 1.165) is 51.4 Å². The van der Waals surface area contributed by atoms with Crippen molar-refractivity contribution >= 4 is 11.9 Å². The van der Waals surface area contributed by atoms with Crippen molar-refractivity contribution in [3.63, 3.8) is 0 Å². The zero-order valence-corrected chi connectivity index (χ0v) is 45.9. The molecule has 15 nitrogen and oxygen atoms in total. The molecule has 0 aliphatic carbocycles. The summed E-state index contributed by atoms with van der Waals surface area (Å²) in [5.41, 5.74) is 0. The molecule has 0 aromatic heterocycles. The summed E-state index contributed by atoms with van der Waals surface area (Å²) >= 11 is 0. The summed E-state index contributed by atoms with van der Waals surface area (Å²) < 4.78 is 33.5. The molecular formula is C61H98O15. The monoisotopic (exact) mass is 1070 g/mol. The average molecular weight is 1070 g/mol. The minimum absolute atomic E-state index is 0.0674. The quantitative estimate of drug-likeness (QED) is 0.0171. The number of rotatable bonds is 43. The summed E-state index contributed by atoms with van der Waals surface area (Å²) in [6, 6.07) is 0. The molecule has 2 heterocycles. The fourth-order valence-electron chi connectivity index (χ4n) is 8.07. The Kier molecular flexibility index (Phi) is 41.4. The highest BCUT2D eigenvalue weighted by Gasteiger charge is 2.47. The molecule has 0 aromatic carbocycles. The van der Waals surface area contributed by atoms with Gasteiger partial charge in [0.05, 0.1) is 19.8 Å². The number of carbonyl (C=O) groups excluding carboxylic acids is 2. The van der Waals surface area contributed by atoms with Gasteiger partial charge in [0.15, 0.2) is 18.7 Å². The number of carbonyl (C=O) groups is 2. The van der Waals surface area contributed by atoms with Crippen LogP contribution >= 0.6 is 0 Å². The van der Waals surface area contributed by atoms with Crippen molar-refractivity contribution in [1.82, 2.24) is 0 Å². The smallest absolute Gasteiger partial charge is 0.306 e. The molecule has 0 saturated carbocycles. The molecule has 432 valence electrons. The molecule has 2 aliphatic heterocycles. The van der Waals surface area contributed by atoms with E-state index in [1.807, 2.05) is 24.3 Å². The largest absolute Gasteiger partial charge is 0.462 e. The molecule has 0 spiro atoms. The maximum atomic E-state index is 13.0. The van der Waals surface area contributed by atoms with Crippen molar-refractivity contribution in [3.05, 3.63) is 109 Å². The van der Waals surface area contributed by atoms with Crippen LogP contribution in [0.3, 0.4) is 0 Å². The predicted octanol–water partition coefficient (Wildman–Crippen LogP) is 9.49. The highest BCUT2D eigenvalue weighted by atomic mass is 16.7. The molecular weight excluding hydrogens is 973 g/mol. The molecule has 2 rings (SSSR count). The molecule has 15 heteroatoms. The number of esters is 2. The first-order valence-corrected chi connectivity index (χ1v) is 28.5. The molecule has 7 N–H and O–H groups in total. The van der Waals surface area contributed by atoms with Crippen LogP contribution in [0.25, 0.3) is 0 Å². The van der Waals surface area contributed by atoms with Crippen LogP contribution in [0.5, 0.6) is 0 Å². The summed E-state index contributed by atoms with van der Waals surface area (Å²) in [6.45, 7) is 2.41. The normalized spacial score (nSPS) is 25.2. The van der Waals surface area contributed by atoms with Crippen LogP contribution in [0.1, 0.15) is 168 Å². The van der Waals surface area contributed by atoms with Crippen molar-refractivity contribution in [2.24, 2.45) is 0 Å². The van der Waals surface area contributed by atoms with Gasteiger partial charge in [-0.3, -0.25) is 9.59 Å². The lowest BCUT2D eigenvalue weighted by atomic mass is 9.98. The summed E-state index contributed by atoms with van der Waals surface area (Å²) in [7, 11) is 0. The Balaban J connectivity index is 1.84. The molecule has 0 aromatic rings. The maximum Gasteiger partial charge on any atom is 0.306 e. The first-order chi connectivity index (χ1) is 37.0. The van der Waals surface area contributed by atoms with E-state index < -0.39 is 99.3 Å². The SMILES string of the molecule is CCCCC/C=C/C/C=C/C/C=C/C/C=C/C/C=C/CCC(=O)OC[C@H](CO[C@H]1O[C@@H](CO[C@H]2O[C@@H](CO)[C@@H](O)C(O)C2O)[C@@H](O)C(O)C1O)OC(=O)CCC/C=C/C/C=C/C/C=C/C/C=C/CCCCCCCCC. The summed E-state index contributed by atoms with van der Waals surface area (Å²) in [5, 5.41) is 72.2. The number of hydrogen-bond donors (Lipinski definition) is 7. The van der Waals surface area contributed by atoms with Crippen molar-refractivity contribution < 1.29 is 73.8 Å². The molecule has 4 unspecified atom stereocenters. The number of ether oxygens (including phenoxy) is 6. The van der Waals surface area contributed by atoms with Gasteiger partial charge in [0.1, 0.15) is 55.4 Å². The van der Waals surface area contributed by atoms with Crippen molar-refractivity contribution in [2.75, 3.05) is 26.4 Å². The summed E-state index contributed by atoms with van der Waals surface area (Å²) in [6.07, 6.45) is 44.1. The van der Waals surface area contributed by atoms with Gasteiger partial charge in [0.2, 0.25) is 0 Å². The second-order valence-electron chi connectivity index (χ2n) is 19.4. The molecule has 76 heavy (non-hydrogen) atoms. The predicted molar refractivity (Wildman–Crippen MR) is 298 cm³/mol. The number of hydrogen-bond acceptors (Lipinski definition) is 15. The summed E-state index contributed by atoms with van der Waals surface area (Å²) in [5.74, 6) is -1.10. The molecule has 0 radical (unpaired) electrons. The van der Waals surface area contributed by atoms with Crippen LogP contribution in [-0.4, -0.2) is 142 Å². The minimum atomic E-state index is -1.79. The lowest BCUT2D eigenvalue weighted by molar-refractivity contribution is -0.332. The Labute approximate surface area is 455 Å². The van der Waals surface area contributed by atoms with Gasteiger partial charge in [-0.25, -0.2) is 0 Å². The van der Waals surface area contributed by atoms with Crippen LogP contribution in [0.15, 0.2) is 109 Å². The van der Waals surface area contributed by atoms with Crippen molar-refractivity contribution in [2.45, 2.75) is 235 Å². The van der Waals surface area contributed by atoms with Crippen molar-refractivity contribution in [1.29, 1.82) is 0 Å². The van der Waals surface area contributed by atoms with E-state index in [4.69, 9.17) is 28.4 Å². The van der Waals surface area contributed by atoms with Gasteiger partial charge < -0.3 is 64.2 Å². The van der Waals surface area contributed by atoms with Crippen LogP contribution in [-0.2, 0) is 38.0 Å². The Bertz CT molecular complexity index is 1730. The van der Waals surface area contributed by atoms with E-state index >= 15 is 0 Å². The fraction of sp³-hybridized carbons (Fsp3) is 0.672. The Morgan fingerprint density at radius 2 is 0.816 bits per heavy atom. The van der Waals surface area contributed by atoms with Crippen molar-refractivity contribution in [3.8, 4) is 0 Å². The number of allylic oxidation sites excluding steroid dienone is 18. The Hall–Kier alpha value is -3.84. The van der Waals surface area contributed by atoms with Gasteiger partial charge in [0, 0.05) is 12.8 Å². The third-order valence-corrected chi connectivity index (χ3v) is 12.7. The highest BCUT2D eigenvalue weighted by Crippen LogP contribution is 2.26. The van der Waals surface area contributed by atoms with Gasteiger partial charge in [-0.2, -0.15) is 0 Å². The third kappa shape index (κ3) is 32.8. The first kappa shape index (κ1) is 68.3. The molecule has 11 atom stereocenters. The molecule has 2 aliphatic rings. The Morgan fingerprint density at radius 1 is 0.421 bits per heavy atom. The second kappa shape index (κ2) is 46.1. The molecule has 0 bridgehead atoms. The van der Waals surface area contributed by atoms with E-state index in [0.29, 0.717) is 25.7 Å². The van der Waals surface area contributed by atoms with Crippen LogP contribution < -0.4 is 0 Å². The second-order valence-corrected chi connectivity index (χ2v) is 19.4. The number of aliphatic hydroxyl groups is 7. The van der Waals surface area contributed by atoms with E-state index in [1.165, 1.54) is 64.2 Å². The topological polar surface area (TPSA) is 231 Å². The van der Waals surface area contributed by atoms with Gasteiger partial charge in [-0.1, -0.05) is 175 Å². The van der Waals surface area contributed by atoms with Gasteiger partial charge in [-0.15, -0.1) is 0 Å². The zero-order chi connectivity index (χ0) is 55.3. The highest BCUT2D eigenvalue weighted by molar-refractivity contribution is 5.70. The zero-order valence-electron chi connectivity index (χ0n) is 45.9. The van der Waals surface area contributed by atoms with Gasteiger partial charge >= 0.3 is 11.9 Å². The molecule has 2 saturated heterocycles. The minimum Gasteiger partial charge on any atom is -0.462 e. The standard InChI is InChI=1S/C61H98O15/c1-3-5-7-9-11-13-15-17-19-21-23-24-26-28-30-32-34-36-38-40-42-44-53(64)74-49(46-71-52(63)43-41-39-37-35-33-31-29-27-25-22-20-18-16-14-12-10-8-6-4-2)47-72-60-59(70)57(68)55(66)51(76-60)48-73-61-58(69)56(67)54(65)50(45-62)75-61/h12,14,18-21,24-27,30-33,36-39,49-51,54-62,65-70H,3-11,13,15-17,22-23,28-29,34-35,40-48H2,1-2H3/b14-12+,20-18+,21-19+,26-24+,27-25+,32-30+,33-31+,38-36+,39-37+/t49-,50+,51+,54-,55-,56?,57?,58?,59?,60+,61+/m1/s1. The fourth-order valence-corrected chi connectivity index (χ4v) is 8.07. The van der Waals surface area contributed by atoms with Gasteiger partial charge in [0.25, 0.3) is 0 Å². The maximum absolute atomic E-state index is 13.0. The van der Waals surface area contributed by atoms with Crippen LogP contribution in [0.4, 0.5) is 0 Å². The molecule has 0 amide bonds. The average Bonchev–Trinajstić information content (AvgIpc) is 3.42. The number of unbranched alkanes of at least 4 members (excludes halogenated alkanes) is 11. The van der Waals surface area contributed by atoms with Crippen LogP contribution in [0, 0.1) is 0 Å². The van der Waals surface area contributed by atoms with Gasteiger partial charge in [-0.05, 0) is 89.9 Å². The van der Waals surface area contributed by atoms with Crippen LogP contribution in [0.2, 0.25) is 0 Å². The summed E-state index contributed by atoms with van der Waals surface area (Å²) in [4.78, 5) is 25.8.